The molecule has 7 nitrogen and oxygen atoms in total. The fourth-order valence-electron chi connectivity index (χ4n) is 3.63. The highest BCUT2D eigenvalue weighted by atomic mass is 19.1. The van der Waals surface area contributed by atoms with E-state index in [2.05, 4.69) is 10.3 Å². The molecule has 2 heterocycles. The molecule has 0 bridgehead atoms. The van der Waals surface area contributed by atoms with Crippen LogP contribution in [0.3, 0.4) is 0 Å². The van der Waals surface area contributed by atoms with Gasteiger partial charge in [-0.15, -0.1) is 0 Å². The second-order valence-electron chi connectivity index (χ2n) is 7.66. The fourth-order valence-corrected chi connectivity index (χ4v) is 3.63. The molecule has 0 aliphatic rings. The number of nitrogens with one attached hydrogen (secondary N) is 1. The third kappa shape index (κ3) is 5.28. The minimum Gasteiger partial charge on any atom is -0.439 e. The molecule has 0 fully saturated rings. The quantitative estimate of drug-likeness (QED) is 0.415. The number of benzene rings is 2. The van der Waals surface area contributed by atoms with Gasteiger partial charge in [-0.05, 0) is 48.4 Å². The SMILES string of the molecule is CCCn1c(=O)n(CCC(=O)NCc2ccc(Oc3ccc(F)cc3)nc2)c2ccccc21. The van der Waals surface area contributed by atoms with Crippen LogP contribution in [0.2, 0.25) is 0 Å². The molecule has 0 saturated heterocycles. The number of carbonyl (C=O) groups excluding carboxylic acids is 1. The maximum atomic E-state index is 13.0. The Morgan fingerprint density at radius 1 is 1.00 bits per heavy atom. The van der Waals surface area contributed by atoms with Gasteiger partial charge in [0.2, 0.25) is 11.8 Å². The van der Waals surface area contributed by atoms with E-state index in [0.29, 0.717) is 31.3 Å². The Bertz CT molecular complexity index is 1290. The summed E-state index contributed by atoms with van der Waals surface area (Å²) < 4.78 is 22.0. The fraction of sp³-hybridized carbons (Fsp3) is 0.240. The maximum Gasteiger partial charge on any atom is 0.329 e. The van der Waals surface area contributed by atoms with Crippen LogP contribution in [0.1, 0.15) is 25.3 Å². The average molecular weight is 448 g/mol. The number of nitrogens with zero attached hydrogens (tertiary/aromatic N) is 3. The second kappa shape index (κ2) is 10.1. The van der Waals surface area contributed by atoms with Crippen molar-refractivity contribution in [2.24, 2.45) is 0 Å². The lowest BCUT2D eigenvalue weighted by atomic mass is 10.2. The van der Waals surface area contributed by atoms with Crippen molar-refractivity contribution in [1.82, 2.24) is 19.4 Å². The van der Waals surface area contributed by atoms with Gasteiger partial charge in [-0.1, -0.05) is 25.1 Å². The van der Waals surface area contributed by atoms with Crippen LogP contribution in [-0.4, -0.2) is 20.0 Å². The summed E-state index contributed by atoms with van der Waals surface area (Å²) in [7, 11) is 0. The van der Waals surface area contributed by atoms with Gasteiger partial charge in [0.25, 0.3) is 0 Å². The number of halogens is 1. The van der Waals surface area contributed by atoms with Crippen molar-refractivity contribution >= 4 is 16.9 Å². The summed E-state index contributed by atoms with van der Waals surface area (Å²) in [6.45, 7) is 3.30. The highest BCUT2D eigenvalue weighted by Crippen LogP contribution is 2.19. The van der Waals surface area contributed by atoms with Crippen LogP contribution < -0.4 is 15.7 Å². The predicted molar refractivity (Wildman–Crippen MR) is 124 cm³/mol. The molecule has 0 spiro atoms. The molecule has 0 saturated carbocycles. The molecule has 2 aromatic carbocycles. The molecule has 170 valence electrons. The number of imidazole rings is 1. The van der Waals surface area contributed by atoms with Gasteiger partial charge in [-0.3, -0.25) is 13.9 Å². The average Bonchev–Trinajstić information content (AvgIpc) is 3.10. The molecular weight excluding hydrogens is 423 g/mol. The molecule has 4 aromatic rings. The lowest BCUT2D eigenvalue weighted by Crippen LogP contribution is -2.28. The lowest BCUT2D eigenvalue weighted by Gasteiger charge is -2.08. The molecular formula is C25H25FN4O3. The van der Waals surface area contributed by atoms with Crippen LogP contribution in [0.25, 0.3) is 11.0 Å². The van der Waals surface area contributed by atoms with E-state index in [9.17, 15) is 14.0 Å². The first-order valence-electron chi connectivity index (χ1n) is 10.9. The third-order valence-electron chi connectivity index (χ3n) is 5.26. The van der Waals surface area contributed by atoms with Crippen LogP contribution in [0.5, 0.6) is 11.6 Å². The minimum absolute atomic E-state index is 0.0909. The Kier molecular flexibility index (Phi) is 6.83. The Morgan fingerprint density at radius 2 is 1.70 bits per heavy atom. The Labute approximate surface area is 190 Å². The number of aryl methyl sites for hydroxylation is 2. The van der Waals surface area contributed by atoms with Crippen LogP contribution in [0, 0.1) is 5.82 Å². The highest BCUT2D eigenvalue weighted by molar-refractivity contribution is 5.78. The number of hydrogen-bond acceptors (Lipinski definition) is 4. The van der Waals surface area contributed by atoms with Gasteiger partial charge in [-0.25, -0.2) is 14.2 Å². The second-order valence-corrected chi connectivity index (χ2v) is 7.66. The molecule has 0 aliphatic carbocycles. The van der Waals surface area contributed by atoms with Crippen molar-refractivity contribution in [3.05, 3.63) is 88.7 Å². The van der Waals surface area contributed by atoms with E-state index in [1.165, 1.54) is 24.3 Å². The van der Waals surface area contributed by atoms with Crippen molar-refractivity contribution in [3.8, 4) is 11.6 Å². The van der Waals surface area contributed by atoms with E-state index in [-0.39, 0.29) is 23.8 Å². The normalized spacial score (nSPS) is 11.0. The number of pyridine rings is 1. The zero-order chi connectivity index (χ0) is 23.2. The van der Waals surface area contributed by atoms with Crippen LogP contribution in [0.15, 0.2) is 71.7 Å². The van der Waals surface area contributed by atoms with E-state index in [1.807, 2.05) is 31.2 Å². The predicted octanol–water partition coefficient (Wildman–Crippen LogP) is 4.25. The first-order chi connectivity index (χ1) is 16.0. The first kappa shape index (κ1) is 22.3. The molecule has 1 N–H and O–H groups in total. The summed E-state index contributed by atoms with van der Waals surface area (Å²) in [5.74, 6) is 0.374. The molecule has 1 amide bonds. The number of aromatic nitrogens is 3. The Morgan fingerprint density at radius 3 is 2.33 bits per heavy atom. The van der Waals surface area contributed by atoms with E-state index >= 15 is 0 Å². The van der Waals surface area contributed by atoms with Gasteiger partial charge in [0.1, 0.15) is 11.6 Å². The number of hydrogen-bond donors (Lipinski definition) is 1. The molecule has 8 heteroatoms. The number of fused-ring (bicyclic) bond motifs is 1. The molecule has 0 atom stereocenters. The molecule has 0 aliphatic heterocycles. The van der Waals surface area contributed by atoms with Gasteiger partial charge in [0.15, 0.2) is 0 Å². The Balaban J connectivity index is 1.32. The summed E-state index contributed by atoms with van der Waals surface area (Å²) in [6.07, 6.45) is 2.66. The molecule has 4 rings (SSSR count). The number of para-hydroxylation sites is 2. The van der Waals surface area contributed by atoms with Crippen molar-refractivity contribution in [2.75, 3.05) is 0 Å². The Hall–Kier alpha value is -3.94. The van der Waals surface area contributed by atoms with Crippen LogP contribution >= 0.6 is 0 Å². The summed E-state index contributed by atoms with van der Waals surface area (Å²) in [6, 6.07) is 16.8. The largest absolute Gasteiger partial charge is 0.439 e. The zero-order valence-corrected chi connectivity index (χ0v) is 18.3. The number of amides is 1. The van der Waals surface area contributed by atoms with Gasteiger partial charge in [0.05, 0.1) is 11.0 Å². The smallest absolute Gasteiger partial charge is 0.329 e. The number of rotatable bonds is 9. The highest BCUT2D eigenvalue weighted by Gasteiger charge is 2.13. The molecule has 0 radical (unpaired) electrons. The third-order valence-corrected chi connectivity index (χ3v) is 5.26. The van der Waals surface area contributed by atoms with Gasteiger partial charge >= 0.3 is 5.69 Å². The van der Waals surface area contributed by atoms with Gasteiger partial charge < -0.3 is 10.1 Å². The van der Waals surface area contributed by atoms with E-state index < -0.39 is 0 Å². The van der Waals surface area contributed by atoms with Gasteiger partial charge in [0, 0.05) is 38.3 Å². The van der Waals surface area contributed by atoms with Crippen LogP contribution in [0.4, 0.5) is 4.39 Å². The number of ether oxygens (including phenoxy) is 1. The topological polar surface area (TPSA) is 78.2 Å². The first-order valence-corrected chi connectivity index (χ1v) is 10.9. The van der Waals surface area contributed by atoms with E-state index in [4.69, 9.17) is 4.74 Å². The molecule has 0 unspecified atom stereocenters. The van der Waals surface area contributed by atoms with Crippen LogP contribution in [-0.2, 0) is 24.4 Å². The van der Waals surface area contributed by atoms with Gasteiger partial charge in [-0.2, -0.15) is 0 Å². The van der Waals surface area contributed by atoms with Crippen molar-refractivity contribution in [3.63, 3.8) is 0 Å². The molecule has 33 heavy (non-hydrogen) atoms. The number of carbonyl (C=O) groups is 1. The summed E-state index contributed by atoms with van der Waals surface area (Å²) >= 11 is 0. The monoisotopic (exact) mass is 448 g/mol. The van der Waals surface area contributed by atoms with Crippen molar-refractivity contribution < 1.29 is 13.9 Å². The van der Waals surface area contributed by atoms with Crippen molar-refractivity contribution in [2.45, 2.75) is 39.4 Å². The van der Waals surface area contributed by atoms with E-state index in [1.54, 1.807) is 27.5 Å². The standard InChI is InChI=1S/C25H25FN4O3/c1-2-14-29-21-5-3-4-6-22(21)30(25(29)32)15-13-23(31)27-16-18-7-12-24(28-17-18)33-20-10-8-19(26)9-11-20/h3-12,17H,2,13-16H2,1H3,(H,27,31). The summed E-state index contributed by atoms with van der Waals surface area (Å²) in [5, 5.41) is 2.86. The summed E-state index contributed by atoms with van der Waals surface area (Å²) in [5.41, 5.74) is 2.45. The molecule has 2 aromatic heterocycles. The van der Waals surface area contributed by atoms with E-state index in [0.717, 1.165) is 23.0 Å². The minimum atomic E-state index is -0.335. The van der Waals surface area contributed by atoms with Crippen molar-refractivity contribution in [1.29, 1.82) is 0 Å². The maximum absolute atomic E-state index is 13.0. The zero-order valence-electron chi connectivity index (χ0n) is 18.3. The lowest BCUT2D eigenvalue weighted by molar-refractivity contribution is -0.121. The summed E-state index contributed by atoms with van der Waals surface area (Å²) in [4.78, 5) is 29.4.